The molecule has 1 N–H and O–H groups in total. The van der Waals surface area contributed by atoms with E-state index in [1.54, 1.807) is 0 Å². The Bertz CT molecular complexity index is 546. The van der Waals surface area contributed by atoms with Gasteiger partial charge in [0.1, 0.15) is 11.0 Å². The van der Waals surface area contributed by atoms with Gasteiger partial charge < -0.3 is 5.32 Å². The highest BCUT2D eigenvalue weighted by Crippen LogP contribution is 2.66. The maximum Gasteiger partial charge on any atom is 0.451 e. The van der Waals surface area contributed by atoms with Crippen LogP contribution in [-0.2, 0) is 6.18 Å². The van der Waals surface area contributed by atoms with Crippen molar-refractivity contribution in [3.63, 3.8) is 0 Å². The minimum Gasteiger partial charge on any atom is -0.367 e. The molecule has 1 aromatic rings. The largest absolute Gasteiger partial charge is 0.451 e. The predicted molar refractivity (Wildman–Crippen MR) is 67.3 cm³/mol. The van der Waals surface area contributed by atoms with Crippen LogP contribution in [0.2, 0.25) is 5.15 Å². The zero-order chi connectivity index (χ0) is 14.1. The highest BCUT2D eigenvalue weighted by atomic mass is 35.5. The second-order valence-corrected chi connectivity index (χ2v) is 6.44. The fraction of sp³-hybridized carbons (Fsp3) is 0.692. The third kappa shape index (κ3) is 1.88. The lowest BCUT2D eigenvalue weighted by Crippen LogP contribution is -2.17. The van der Waals surface area contributed by atoms with E-state index in [1.165, 1.54) is 25.3 Å². The van der Waals surface area contributed by atoms with Crippen molar-refractivity contribution in [1.29, 1.82) is 0 Å². The summed E-state index contributed by atoms with van der Waals surface area (Å²) in [4.78, 5) is 6.79. The summed E-state index contributed by atoms with van der Waals surface area (Å²) in [6, 6.07) is 1.64. The van der Waals surface area contributed by atoms with Crippen molar-refractivity contribution in [2.24, 2.45) is 23.7 Å². The number of halogens is 4. The highest BCUT2D eigenvalue weighted by Gasteiger charge is 2.65. The molecule has 0 aromatic carbocycles. The van der Waals surface area contributed by atoms with E-state index in [4.69, 9.17) is 11.6 Å². The van der Waals surface area contributed by atoms with Crippen LogP contribution >= 0.6 is 11.6 Å². The van der Waals surface area contributed by atoms with Crippen LogP contribution in [0.5, 0.6) is 0 Å². The van der Waals surface area contributed by atoms with Crippen LogP contribution in [0.4, 0.5) is 19.0 Å². The fourth-order valence-corrected chi connectivity index (χ4v) is 4.49. The Morgan fingerprint density at radius 3 is 2.40 bits per heavy atom. The SMILES string of the molecule is FC(F)(F)c1nc(Cl)cc(NC2C3C4CCC(C4)C23)n1. The smallest absolute Gasteiger partial charge is 0.367 e. The molecule has 0 aliphatic heterocycles. The summed E-state index contributed by atoms with van der Waals surface area (Å²) in [5.74, 6) is 1.76. The van der Waals surface area contributed by atoms with E-state index < -0.39 is 12.0 Å². The van der Waals surface area contributed by atoms with Gasteiger partial charge in [0.25, 0.3) is 0 Å². The Labute approximate surface area is 118 Å². The Balaban J connectivity index is 1.54. The summed E-state index contributed by atoms with van der Waals surface area (Å²) in [6.45, 7) is 0. The van der Waals surface area contributed by atoms with Crippen LogP contribution < -0.4 is 5.32 Å². The number of nitrogens with one attached hydrogen (secondary N) is 1. The molecule has 7 heteroatoms. The highest BCUT2D eigenvalue weighted by molar-refractivity contribution is 6.29. The van der Waals surface area contributed by atoms with E-state index in [2.05, 4.69) is 15.3 Å². The van der Waals surface area contributed by atoms with Gasteiger partial charge in [0, 0.05) is 12.1 Å². The van der Waals surface area contributed by atoms with Gasteiger partial charge in [-0.25, -0.2) is 9.97 Å². The van der Waals surface area contributed by atoms with E-state index in [0.717, 1.165) is 11.8 Å². The molecule has 1 heterocycles. The number of hydrogen-bond donors (Lipinski definition) is 1. The van der Waals surface area contributed by atoms with E-state index >= 15 is 0 Å². The summed E-state index contributed by atoms with van der Waals surface area (Å²) in [5.41, 5.74) is 0. The number of rotatable bonds is 2. The third-order valence-corrected chi connectivity index (χ3v) is 5.19. The maximum atomic E-state index is 12.7. The van der Waals surface area contributed by atoms with Crippen molar-refractivity contribution in [1.82, 2.24) is 9.97 Å². The van der Waals surface area contributed by atoms with Crippen LogP contribution in [-0.4, -0.2) is 16.0 Å². The van der Waals surface area contributed by atoms with Gasteiger partial charge in [-0.3, -0.25) is 0 Å². The monoisotopic (exact) mass is 303 g/mol. The molecule has 4 unspecified atom stereocenters. The molecule has 1 aromatic heterocycles. The summed E-state index contributed by atoms with van der Waals surface area (Å²) in [7, 11) is 0. The first-order valence-electron chi connectivity index (χ1n) is 6.82. The summed E-state index contributed by atoms with van der Waals surface area (Å²) in [5, 5.41) is 2.96. The average Bonchev–Trinajstić information content (AvgIpc) is 2.77. The van der Waals surface area contributed by atoms with Crippen molar-refractivity contribution in [2.75, 3.05) is 5.32 Å². The standard InChI is InChI=1S/C13H13ClF3N3/c14-7-4-8(20-12(18-7)13(15,16)17)19-11-9-5-1-2-6(3-5)10(9)11/h4-6,9-11H,1-3H2,(H,18,19,20). The summed E-state index contributed by atoms with van der Waals surface area (Å²) in [6.07, 6.45) is -0.740. The van der Waals surface area contributed by atoms with Gasteiger partial charge in [-0.15, -0.1) is 0 Å². The molecule has 3 nitrogen and oxygen atoms in total. The Morgan fingerprint density at radius 1 is 1.15 bits per heavy atom. The molecule has 2 bridgehead atoms. The molecule has 3 aliphatic carbocycles. The Morgan fingerprint density at radius 2 is 1.80 bits per heavy atom. The molecule has 108 valence electrons. The van der Waals surface area contributed by atoms with Crippen LogP contribution in [0.1, 0.15) is 25.1 Å². The van der Waals surface area contributed by atoms with E-state index in [-0.39, 0.29) is 17.0 Å². The zero-order valence-electron chi connectivity index (χ0n) is 10.5. The number of fused-ring (bicyclic) bond motifs is 5. The van der Waals surface area contributed by atoms with Gasteiger partial charge >= 0.3 is 6.18 Å². The van der Waals surface area contributed by atoms with Gasteiger partial charge in [-0.2, -0.15) is 13.2 Å². The molecule has 0 spiro atoms. The third-order valence-electron chi connectivity index (χ3n) is 5.00. The van der Waals surface area contributed by atoms with Crippen molar-refractivity contribution < 1.29 is 13.2 Å². The second-order valence-electron chi connectivity index (χ2n) is 6.06. The van der Waals surface area contributed by atoms with Gasteiger partial charge in [0.05, 0.1) is 0 Å². The lowest BCUT2D eigenvalue weighted by atomic mass is 10.0. The zero-order valence-corrected chi connectivity index (χ0v) is 11.2. The van der Waals surface area contributed by atoms with Crippen molar-refractivity contribution in [3.05, 3.63) is 17.0 Å². The second kappa shape index (κ2) is 4.00. The van der Waals surface area contributed by atoms with E-state index in [0.29, 0.717) is 11.8 Å². The molecule has 3 fully saturated rings. The van der Waals surface area contributed by atoms with Gasteiger partial charge in [0.2, 0.25) is 5.82 Å². The van der Waals surface area contributed by atoms with Gasteiger partial charge in [-0.05, 0) is 42.9 Å². The first kappa shape index (κ1) is 12.7. The van der Waals surface area contributed by atoms with Crippen LogP contribution in [0.15, 0.2) is 6.07 Å². The summed E-state index contributed by atoms with van der Waals surface area (Å²) < 4.78 is 38.0. The van der Waals surface area contributed by atoms with Gasteiger partial charge in [0.15, 0.2) is 0 Å². The van der Waals surface area contributed by atoms with Crippen LogP contribution in [0.25, 0.3) is 0 Å². The normalized spacial score (nSPS) is 37.9. The van der Waals surface area contributed by atoms with Crippen molar-refractivity contribution >= 4 is 17.4 Å². The maximum absolute atomic E-state index is 12.7. The van der Waals surface area contributed by atoms with E-state index in [1.807, 2.05) is 0 Å². The molecule has 20 heavy (non-hydrogen) atoms. The number of nitrogens with zero attached hydrogens (tertiary/aromatic N) is 2. The predicted octanol–water partition coefficient (Wildman–Crippen LogP) is 3.61. The average molecular weight is 304 g/mol. The molecule has 3 saturated carbocycles. The number of anilines is 1. The van der Waals surface area contributed by atoms with Gasteiger partial charge in [-0.1, -0.05) is 11.6 Å². The minimum absolute atomic E-state index is 0.177. The van der Waals surface area contributed by atoms with E-state index in [9.17, 15) is 13.2 Å². The molecular weight excluding hydrogens is 291 g/mol. The number of hydrogen-bond acceptors (Lipinski definition) is 3. The minimum atomic E-state index is -4.57. The molecule has 0 amide bonds. The fourth-order valence-electron chi connectivity index (χ4n) is 4.31. The molecule has 0 radical (unpaired) electrons. The quantitative estimate of drug-likeness (QED) is 0.848. The molecular formula is C13H13ClF3N3. The van der Waals surface area contributed by atoms with Crippen molar-refractivity contribution in [2.45, 2.75) is 31.5 Å². The molecule has 3 aliphatic rings. The number of alkyl halides is 3. The lowest BCUT2D eigenvalue weighted by molar-refractivity contribution is -0.144. The van der Waals surface area contributed by atoms with Crippen molar-refractivity contribution in [3.8, 4) is 0 Å². The molecule has 4 atom stereocenters. The summed E-state index contributed by atoms with van der Waals surface area (Å²) >= 11 is 5.66. The first-order chi connectivity index (χ1) is 9.43. The first-order valence-corrected chi connectivity index (χ1v) is 7.19. The lowest BCUT2D eigenvalue weighted by Gasteiger charge is -2.12. The molecule has 4 rings (SSSR count). The van der Waals surface area contributed by atoms with Crippen LogP contribution in [0.3, 0.4) is 0 Å². The van der Waals surface area contributed by atoms with Crippen LogP contribution in [0, 0.1) is 23.7 Å². The molecule has 0 saturated heterocycles. The number of aromatic nitrogens is 2. The Kier molecular flexibility index (Phi) is 2.53. The topological polar surface area (TPSA) is 37.8 Å². The Hall–Kier alpha value is -1.04.